The Labute approximate surface area is 117 Å². The Balaban J connectivity index is 1.96. The van der Waals surface area contributed by atoms with Crippen LogP contribution in [0.25, 0.3) is 0 Å². The average Bonchev–Trinajstić information content (AvgIpc) is 2.32. The van der Waals surface area contributed by atoms with Crippen molar-refractivity contribution in [3.63, 3.8) is 0 Å². The van der Waals surface area contributed by atoms with Gasteiger partial charge in [0.15, 0.2) is 9.84 Å². The van der Waals surface area contributed by atoms with Crippen molar-refractivity contribution in [2.45, 2.75) is 49.7 Å². The van der Waals surface area contributed by atoms with E-state index in [0.717, 1.165) is 19.4 Å². The Morgan fingerprint density at radius 2 is 1.79 bits per heavy atom. The van der Waals surface area contributed by atoms with Gasteiger partial charge in [-0.2, -0.15) is 0 Å². The first-order valence-electron chi connectivity index (χ1n) is 7.32. The lowest BCUT2D eigenvalue weighted by Gasteiger charge is -2.57. The standard InChI is InChI=1S/C14H27NO3S/c1-18-9-8-15-12-14(19(2,16)17)10-13(11-14)6-4-3-5-7-13/h15H,3-12H2,1-2H3. The quantitative estimate of drug-likeness (QED) is 0.757. The van der Waals surface area contributed by atoms with Gasteiger partial charge >= 0.3 is 0 Å². The average molecular weight is 289 g/mol. The van der Waals surface area contributed by atoms with E-state index in [1.54, 1.807) is 7.11 Å². The van der Waals surface area contributed by atoms with Crippen LogP contribution in [-0.2, 0) is 14.6 Å². The minimum atomic E-state index is -2.99. The second-order valence-electron chi connectivity index (χ2n) is 6.54. The van der Waals surface area contributed by atoms with Gasteiger partial charge in [0.05, 0.1) is 11.4 Å². The molecule has 19 heavy (non-hydrogen) atoms. The van der Waals surface area contributed by atoms with E-state index in [-0.39, 0.29) is 0 Å². The number of methoxy groups -OCH3 is 1. The fraction of sp³-hybridized carbons (Fsp3) is 1.00. The molecule has 0 heterocycles. The SMILES string of the molecule is COCCNCC1(S(C)(=O)=O)CC2(CCCCC2)C1. The molecule has 2 aliphatic rings. The van der Waals surface area contributed by atoms with Gasteiger partial charge in [-0.25, -0.2) is 8.42 Å². The Hall–Kier alpha value is -0.130. The first-order chi connectivity index (χ1) is 8.93. The first-order valence-corrected chi connectivity index (χ1v) is 9.22. The molecule has 2 saturated carbocycles. The van der Waals surface area contributed by atoms with Crippen molar-refractivity contribution in [2.75, 3.05) is 33.1 Å². The number of sulfone groups is 1. The monoisotopic (exact) mass is 289 g/mol. The van der Waals surface area contributed by atoms with Crippen molar-refractivity contribution >= 4 is 9.84 Å². The molecular formula is C14H27NO3S. The van der Waals surface area contributed by atoms with E-state index >= 15 is 0 Å². The van der Waals surface area contributed by atoms with Gasteiger partial charge in [-0.3, -0.25) is 0 Å². The largest absolute Gasteiger partial charge is 0.383 e. The summed E-state index contributed by atoms with van der Waals surface area (Å²) >= 11 is 0. The smallest absolute Gasteiger partial charge is 0.154 e. The van der Waals surface area contributed by atoms with Crippen LogP contribution in [0, 0.1) is 5.41 Å². The van der Waals surface area contributed by atoms with Gasteiger partial charge in [0.2, 0.25) is 0 Å². The second kappa shape index (κ2) is 5.70. The Morgan fingerprint density at radius 1 is 1.16 bits per heavy atom. The van der Waals surface area contributed by atoms with E-state index in [2.05, 4.69) is 5.32 Å². The van der Waals surface area contributed by atoms with E-state index < -0.39 is 14.6 Å². The minimum Gasteiger partial charge on any atom is -0.383 e. The van der Waals surface area contributed by atoms with E-state index in [0.29, 0.717) is 18.6 Å². The van der Waals surface area contributed by atoms with E-state index in [1.165, 1.54) is 38.4 Å². The summed E-state index contributed by atoms with van der Waals surface area (Å²) in [6.07, 6.45) is 9.44. The third-order valence-electron chi connectivity index (χ3n) is 5.03. The zero-order valence-corrected chi connectivity index (χ0v) is 13.0. The molecular weight excluding hydrogens is 262 g/mol. The normalized spacial score (nSPS) is 25.2. The highest BCUT2D eigenvalue weighted by Gasteiger charge is 2.59. The lowest BCUT2D eigenvalue weighted by Crippen LogP contribution is -2.61. The van der Waals surface area contributed by atoms with Crippen LogP contribution in [0.4, 0.5) is 0 Å². The highest BCUT2D eigenvalue weighted by Crippen LogP contribution is 2.59. The molecule has 5 heteroatoms. The molecule has 0 aliphatic heterocycles. The molecule has 0 aromatic rings. The van der Waals surface area contributed by atoms with E-state index in [1.807, 2.05) is 0 Å². The molecule has 0 radical (unpaired) electrons. The van der Waals surface area contributed by atoms with E-state index in [4.69, 9.17) is 4.74 Å². The number of hydrogen-bond donors (Lipinski definition) is 1. The number of hydrogen-bond acceptors (Lipinski definition) is 4. The zero-order valence-electron chi connectivity index (χ0n) is 12.2. The Bertz CT molecular complexity index is 391. The summed E-state index contributed by atoms with van der Waals surface area (Å²) < 4.78 is 28.8. The highest BCUT2D eigenvalue weighted by molar-refractivity contribution is 7.92. The molecule has 112 valence electrons. The van der Waals surface area contributed by atoms with Gasteiger partial charge < -0.3 is 10.1 Å². The molecule has 0 aromatic heterocycles. The molecule has 0 saturated heterocycles. The second-order valence-corrected chi connectivity index (χ2v) is 8.95. The van der Waals surface area contributed by atoms with Gasteiger partial charge in [0, 0.05) is 26.5 Å². The topological polar surface area (TPSA) is 55.4 Å². The number of rotatable bonds is 6. The van der Waals surface area contributed by atoms with Crippen LogP contribution < -0.4 is 5.32 Å². The van der Waals surface area contributed by atoms with Gasteiger partial charge in [0.25, 0.3) is 0 Å². The summed E-state index contributed by atoms with van der Waals surface area (Å²) in [6.45, 7) is 1.93. The lowest BCUT2D eigenvalue weighted by molar-refractivity contribution is 0.0311. The summed E-state index contributed by atoms with van der Waals surface area (Å²) in [6, 6.07) is 0. The van der Waals surface area contributed by atoms with Crippen molar-refractivity contribution in [1.82, 2.24) is 5.32 Å². The number of ether oxygens (including phenoxy) is 1. The fourth-order valence-corrected chi connectivity index (χ4v) is 5.48. The zero-order chi connectivity index (χ0) is 14.0. The first kappa shape index (κ1) is 15.3. The predicted octanol–water partition coefficient (Wildman–Crippen LogP) is 1.75. The van der Waals surface area contributed by atoms with Crippen molar-refractivity contribution in [2.24, 2.45) is 5.41 Å². The van der Waals surface area contributed by atoms with Crippen LogP contribution in [0.1, 0.15) is 44.9 Å². The molecule has 0 aromatic carbocycles. The molecule has 2 rings (SSSR count). The summed E-state index contributed by atoms with van der Waals surface area (Å²) in [5.74, 6) is 0. The predicted molar refractivity (Wildman–Crippen MR) is 77.1 cm³/mol. The Morgan fingerprint density at radius 3 is 2.32 bits per heavy atom. The summed E-state index contributed by atoms with van der Waals surface area (Å²) in [4.78, 5) is 0. The highest BCUT2D eigenvalue weighted by atomic mass is 32.2. The van der Waals surface area contributed by atoms with Crippen LogP contribution in [0.2, 0.25) is 0 Å². The van der Waals surface area contributed by atoms with Crippen LogP contribution in [0.3, 0.4) is 0 Å². The van der Waals surface area contributed by atoms with Crippen LogP contribution >= 0.6 is 0 Å². The Kier molecular flexibility index (Phi) is 4.58. The van der Waals surface area contributed by atoms with Crippen LogP contribution in [0.15, 0.2) is 0 Å². The van der Waals surface area contributed by atoms with Gasteiger partial charge in [-0.15, -0.1) is 0 Å². The van der Waals surface area contributed by atoms with Crippen molar-refractivity contribution < 1.29 is 13.2 Å². The summed E-state index contributed by atoms with van der Waals surface area (Å²) in [5, 5.41) is 3.25. The molecule has 2 fully saturated rings. The van der Waals surface area contributed by atoms with Gasteiger partial charge in [-0.05, 0) is 31.1 Å². The van der Waals surface area contributed by atoms with Gasteiger partial charge in [-0.1, -0.05) is 19.3 Å². The van der Waals surface area contributed by atoms with Gasteiger partial charge in [0.1, 0.15) is 0 Å². The maximum Gasteiger partial charge on any atom is 0.154 e. The molecule has 0 amide bonds. The lowest BCUT2D eigenvalue weighted by atomic mass is 9.55. The molecule has 1 N–H and O–H groups in total. The molecule has 4 nitrogen and oxygen atoms in total. The van der Waals surface area contributed by atoms with Crippen molar-refractivity contribution in [3.8, 4) is 0 Å². The summed E-state index contributed by atoms with van der Waals surface area (Å²) in [7, 11) is -1.33. The third-order valence-corrected chi connectivity index (χ3v) is 7.03. The van der Waals surface area contributed by atoms with E-state index in [9.17, 15) is 8.42 Å². The van der Waals surface area contributed by atoms with Crippen LogP contribution in [-0.4, -0.2) is 46.2 Å². The van der Waals surface area contributed by atoms with Crippen molar-refractivity contribution in [1.29, 1.82) is 0 Å². The molecule has 0 bridgehead atoms. The third kappa shape index (κ3) is 3.14. The minimum absolute atomic E-state index is 0.338. The summed E-state index contributed by atoms with van der Waals surface area (Å²) in [5.41, 5.74) is 0.338. The number of nitrogens with one attached hydrogen (secondary N) is 1. The fourth-order valence-electron chi connectivity index (χ4n) is 3.98. The molecule has 0 unspecified atom stereocenters. The maximum atomic E-state index is 12.2. The molecule has 1 spiro atoms. The van der Waals surface area contributed by atoms with Crippen LogP contribution in [0.5, 0.6) is 0 Å². The molecule has 0 atom stereocenters. The van der Waals surface area contributed by atoms with Crippen molar-refractivity contribution in [3.05, 3.63) is 0 Å². The maximum absolute atomic E-state index is 12.2. The molecule has 2 aliphatic carbocycles.